The lowest BCUT2D eigenvalue weighted by molar-refractivity contribution is 0.0848. The molecule has 0 aliphatic carbocycles. The Morgan fingerprint density at radius 3 is 2.47 bits per heavy atom. The number of nitrogens with one attached hydrogen (secondary N) is 1. The van der Waals surface area contributed by atoms with E-state index in [0.29, 0.717) is 17.9 Å². The first kappa shape index (κ1) is 15.5. The molecule has 0 fully saturated rings. The standard InChI is InChI=1S/C15H23NO3/c1-4-15(5-2,11-17)10-16-14(18)12-8-6-7-9-13(12)19-3/h6-9,17H,4-5,10-11H2,1-3H3,(H,16,18). The maximum atomic E-state index is 12.1. The lowest BCUT2D eigenvalue weighted by atomic mass is 9.83. The van der Waals surface area contributed by atoms with E-state index in [4.69, 9.17) is 4.74 Å². The molecule has 0 aromatic heterocycles. The van der Waals surface area contributed by atoms with Gasteiger partial charge in [0.1, 0.15) is 5.75 Å². The van der Waals surface area contributed by atoms with E-state index in [2.05, 4.69) is 5.32 Å². The molecule has 4 heteroatoms. The summed E-state index contributed by atoms with van der Waals surface area (Å²) in [6, 6.07) is 7.11. The van der Waals surface area contributed by atoms with E-state index in [1.807, 2.05) is 19.9 Å². The third-order valence-corrected chi connectivity index (χ3v) is 3.81. The first-order valence-corrected chi connectivity index (χ1v) is 6.64. The van der Waals surface area contributed by atoms with Crippen LogP contribution < -0.4 is 10.1 Å². The Labute approximate surface area is 114 Å². The smallest absolute Gasteiger partial charge is 0.255 e. The summed E-state index contributed by atoms with van der Waals surface area (Å²) in [6.07, 6.45) is 1.65. The van der Waals surface area contributed by atoms with Gasteiger partial charge in [0.05, 0.1) is 19.3 Å². The second kappa shape index (κ2) is 7.14. The van der Waals surface area contributed by atoms with E-state index in [1.165, 1.54) is 0 Å². The molecule has 0 radical (unpaired) electrons. The molecule has 1 rings (SSSR count). The van der Waals surface area contributed by atoms with Crippen molar-refractivity contribution in [2.24, 2.45) is 5.41 Å². The summed E-state index contributed by atoms with van der Waals surface area (Å²) in [5.74, 6) is 0.389. The number of methoxy groups -OCH3 is 1. The van der Waals surface area contributed by atoms with Crippen molar-refractivity contribution in [3.05, 3.63) is 29.8 Å². The van der Waals surface area contributed by atoms with E-state index < -0.39 is 0 Å². The highest BCUT2D eigenvalue weighted by Gasteiger charge is 2.26. The van der Waals surface area contributed by atoms with Crippen molar-refractivity contribution in [3.63, 3.8) is 0 Å². The summed E-state index contributed by atoms with van der Waals surface area (Å²) in [4.78, 5) is 12.1. The summed E-state index contributed by atoms with van der Waals surface area (Å²) < 4.78 is 5.17. The molecule has 1 amide bonds. The molecule has 0 saturated carbocycles. The second-order valence-electron chi connectivity index (χ2n) is 4.75. The van der Waals surface area contributed by atoms with Gasteiger partial charge in [-0.05, 0) is 25.0 Å². The topological polar surface area (TPSA) is 58.6 Å². The fraction of sp³-hybridized carbons (Fsp3) is 0.533. The van der Waals surface area contributed by atoms with Crippen LogP contribution in [0.2, 0.25) is 0 Å². The average Bonchev–Trinajstić information content (AvgIpc) is 2.49. The summed E-state index contributed by atoms with van der Waals surface area (Å²) >= 11 is 0. The van der Waals surface area contributed by atoms with Gasteiger partial charge in [0.2, 0.25) is 0 Å². The number of carbonyl (C=O) groups excluding carboxylic acids is 1. The second-order valence-corrected chi connectivity index (χ2v) is 4.75. The first-order chi connectivity index (χ1) is 9.12. The van der Waals surface area contributed by atoms with E-state index in [9.17, 15) is 9.90 Å². The average molecular weight is 265 g/mol. The minimum absolute atomic E-state index is 0.0756. The molecule has 4 nitrogen and oxygen atoms in total. The van der Waals surface area contributed by atoms with E-state index >= 15 is 0 Å². The first-order valence-electron chi connectivity index (χ1n) is 6.64. The normalized spacial score (nSPS) is 11.2. The van der Waals surface area contributed by atoms with E-state index in [-0.39, 0.29) is 17.9 Å². The largest absolute Gasteiger partial charge is 0.496 e. The number of aliphatic hydroxyl groups is 1. The molecule has 0 spiro atoms. The highest BCUT2D eigenvalue weighted by atomic mass is 16.5. The quantitative estimate of drug-likeness (QED) is 0.794. The highest BCUT2D eigenvalue weighted by Crippen LogP contribution is 2.25. The Morgan fingerprint density at radius 2 is 1.95 bits per heavy atom. The van der Waals surface area contributed by atoms with Gasteiger partial charge in [-0.2, -0.15) is 0 Å². The van der Waals surface area contributed by atoms with Crippen molar-refractivity contribution in [2.75, 3.05) is 20.3 Å². The molecule has 1 aromatic rings. The summed E-state index contributed by atoms with van der Waals surface area (Å²) in [6.45, 7) is 4.59. The minimum atomic E-state index is -0.238. The van der Waals surface area contributed by atoms with Crippen LogP contribution in [0.15, 0.2) is 24.3 Å². The van der Waals surface area contributed by atoms with Crippen LogP contribution in [0.5, 0.6) is 5.75 Å². The molecular formula is C15H23NO3. The fourth-order valence-electron chi connectivity index (χ4n) is 1.97. The van der Waals surface area contributed by atoms with Gasteiger partial charge in [-0.15, -0.1) is 0 Å². The predicted octanol–water partition coefficient (Wildman–Crippen LogP) is 2.22. The van der Waals surface area contributed by atoms with Crippen molar-refractivity contribution < 1.29 is 14.6 Å². The zero-order valence-corrected chi connectivity index (χ0v) is 11.9. The number of amides is 1. The monoisotopic (exact) mass is 265 g/mol. The molecule has 2 N–H and O–H groups in total. The molecule has 19 heavy (non-hydrogen) atoms. The molecule has 106 valence electrons. The number of rotatable bonds is 7. The molecule has 0 aliphatic rings. The SMILES string of the molecule is CCC(CC)(CO)CNC(=O)c1ccccc1OC. The Morgan fingerprint density at radius 1 is 1.32 bits per heavy atom. The van der Waals surface area contributed by atoms with Crippen molar-refractivity contribution in [1.82, 2.24) is 5.32 Å². The zero-order valence-electron chi connectivity index (χ0n) is 11.9. The van der Waals surface area contributed by atoms with Gasteiger partial charge in [-0.3, -0.25) is 4.79 Å². The predicted molar refractivity (Wildman–Crippen MR) is 75.4 cm³/mol. The van der Waals surface area contributed by atoms with E-state index in [0.717, 1.165) is 12.8 Å². The van der Waals surface area contributed by atoms with Crippen LogP contribution >= 0.6 is 0 Å². The lowest BCUT2D eigenvalue weighted by Gasteiger charge is -2.29. The number of carbonyl (C=O) groups is 1. The highest BCUT2D eigenvalue weighted by molar-refractivity contribution is 5.96. The minimum Gasteiger partial charge on any atom is -0.496 e. The van der Waals surface area contributed by atoms with Gasteiger partial charge < -0.3 is 15.2 Å². The number of aliphatic hydroxyl groups excluding tert-OH is 1. The van der Waals surface area contributed by atoms with Crippen LogP contribution in [-0.4, -0.2) is 31.3 Å². The molecule has 0 unspecified atom stereocenters. The van der Waals surface area contributed by atoms with Crippen molar-refractivity contribution in [2.45, 2.75) is 26.7 Å². The van der Waals surface area contributed by atoms with Crippen LogP contribution in [0.4, 0.5) is 0 Å². The van der Waals surface area contributed by atoms with Crippen LogP contribution in [0.25, 0.3) is 0 Å². The number of hydrogen-bond donors (Lipinski definition) is 2. The lowest BCUT2D eigenvalue weighted by Crippen LogP contribution is -2.39. The van der Waals surface area contributed by atoms with Gasteiger partial charge in [0.25, 0.3) is 5.91 Å². The third-order valence-electron chi connectivity index (χ3n) is 3.81. The maximum absolute atomic E-state index is 12.1. The number of para-hydroxylation sites is 1. The Hall–Kier alpha value is -1.55. The number of ether oxygens (including phenoxy) is 1. The van der Waals surface area contributed by atoms with Crippen molar-refractivity contribution in [3.8, 4) is 5.75 Å². The van der Waals surface area contributed by atoms with Gasteiger partial charge in [-0.25, -0.2) is 0 Å². The van der Waals surface area contributed by atoms with Crippen LogP contribution in [0, 0.1) is 5.41 Å². The van der Waals surface area contributed by atoms with Gasteiger partial charge in [-0.1, -0.05) is 26.0 Å². The van der Waals surface area contributed by atoms with Crippen LogP contribution in [0.1, 0.15) is 37.0 Å². The van der Waals surface area contributed by atoms with Gasteiger partial charge >= 0.3 is 0 Å². The fourth-order valence-corrected chi connectivity index (χ4v) is 1.97. The number of benzene rings is 1. The van der Waals surface area contributed by atoms with E-state index in [1.54, 1.807) is 25.3 Å². The van der Waals surface area contributed by atoms with Crippen molar-refractivity contribution in [1.29, 1.82) is 0 Å². The van der Waals surface area contributed by atoms with Crippen molar-refractivity contribution >= 4 is 5.91 Å². The molecular weight excluding hydrogens is 242 g/mol. The molecule has 0 heterocycles. The molecule has 0 bridgehead atoms. The Bertz CT molecular complexity index is 405. The van der Waals surface area contributed by atoms with Gasteiger partial charge in [0, 0.05) is 12.0 Å². The molecule has 1 aromatic carbocycles. The Balaban J connectivity index is 2.75. The van der Waals surface area contributed by atoms with Crippen LogP contribution in [-0.2, 0) is 0 Å². The van der Waals surface area contributed by atoms with Crippen LogP contribution in [0.3, 0.4) is 0 Å². The number of hydrogen-bond acceptors (Lipinski definition) is 3. The van der Waals surface area contributed by atoms with Gasteiger partial charge in [0.15, 0.2) is 0 Å². The third kappa shape index (κ3) is 3.70. The summed E-state index contributed by atoms with van der Waals surface area (Å²) in [5.41, 5.74) is 0.279. The molecule has 0 atom stereocenters. The summed E-state index contributed by atoms with van der Waals surface area (Å²) in [7, 11) is 1.54. The maximum Gasteiger partial charge on any atom is 0.255 e. The Kier molecular flexibility index (Phi) is 5.83. The molecule has 0 aliphatic heterocycles. The molecule has 0 saturated heterocycles. The zero-order chi connectivity index (χ0) is 14.3. The summed E-state index contributed by atoms with van der Waals surface area (Å²) in [5, 5.41) is 12.4.